The number of aromatic nitrogens is 1. The fourth-order valence-electron chi connectivity index (χ4n) is 3.51. The van der Waals surface area contributed by atoms with Crippen LogP contribution in [0.2, 0.25) is 0 Å². The molecule has 0 radical (unpaired) electrons. The van der Waals surface area contributed by atoms with E-state index in [0.717, 1.165) is 38.2 Å². The van der Waals surface area contributed by atoms with Crippen molar-refractivity contribution in [3.63, 3.8) is 0 Å². The van der Waals surface area contributed by atoms with Crippen LogP contribution in [0.5, 0.6) is 0 Å². The van der Waals surface area contributed by atoms with Gasteiger partial charge in [-0.3, -0.25) is 0 Å². The van der Waals surface area contributed by atoms with E-state index in [0.29, 0.717) is 5.01 Å². The maximum Gasteiger partial charge on any atom is 0.418 e. The molecule has 30 heavy (non-hydrogen) atoms. The third-order valence-electron chi connectivity index (χ3n) is 5.00. The Hall–Kier alpha value is -2.62. The van der Waals surface area contributed by atoms with Gasteiger partial charge in [0.15, 0.2) is 5.69 Å². The summed E-state index contributed by atoms with van der Waals surface area (Å²) in [4.78, 5) is 30.4. The van der Waals surface area contributed by atoms with Crippen LogP contribution in [0.25, 0.3) is 0 Å². The number of rotatable bonds is 5. The highest BCUT2D eigenvalue weighted by atomic mass is 32.1. The zero-order valence-electron chi connectivity index (χ0n) is 16.4. The molecule has 3 rings (SSSR count). The average Bonchev–Trinajstić information content (AvgIpc) is 3.20. The largest absolute Gasteiger partial charge is 0.464 e. The van der Waals surface area contributed by atoms with Crippen molar-refractivity contribution in [2.45, 2.75) is 50.9 Å². The van der Waals surface area contributed by atoms with Crippen LogP contribution in [0.1, 0.15) is 53.2 Å². The summed E-state index contributed by atoms with van der Waals surface area (Å²) in [5.74, 6) is -0.578. The van der Waals surface area contributed by atoms with E-state index in [-0.39, 0.29) is 24.0 Å². The molecule has 2 amide bonds. The molecule has 2 aromatic rings. The number of urea groups is 1. The maximum absolute atomic E-state index is 13.3. The first-order valence-electron chi connectivity index (χ1n) is 9.56. The summed E-state index contributed by atoms with van der Waals surface area (Å²) < 4.78 is 44.5. The van der Waals surface area contributed by atoms with Crippen molar-refractivity contribution < 1.29 is 27.5 Å². The third kappa shape index (κ3) is 5.29. The molecule has 162 valence electrons. The number of para-hydroxylation sites is 1. The highest BCUT2D eigenvalue weighted by Gasteiger charge is 2.34. The molecule has 1 aliphatic carbocycles. The number of methoxy groups -OCH3 is 1. The van der Waals surface area contributed by atoms with E-state index >= 15 is 0 Å². The molecule has 1 saturated carbocycles. The second-order valence-electron chi connectivity index (χ2n) is 7.01. The van der Waals surface area contributed by atoms with Crippen LogP contribution in [0.4, 0.5) is 23.7 Å². The van der Waals surface area contributed by atoms with Crippen molar-refractivity contribution in [3.05, 3.63) is 45.9 Å². The van der Waals surface area contributed by atoms with Gasteiger partial charge in [0.05, 0.1) is 24.9 Å². The molecule has 1 aromatic carbocycles. The van der Waals surface area contributed by atoms with Crippen molar-refractivity contribution >= 4 is 29.0 Å². The van der Waals surface area contributed by atoms with Gasteiger partial charge in [0.1, 0.15) is 5.01 Å². The van der Waals surface area contributed by atoms with Gasteiger partial charge in [0, 0.05) is 11.4 Å². The smallest absolute Gasteiger partial charge is 0.418 e. The minimum Gasteiger partial charge on any atom is -0.464 e. The molecule has 1 aromatic heterocycles. The summed E-state index contributed by atoms with van der Waals surface area (Å²) in [5.41, 5.74) is -1.04. The van der Waals surface area contributed by atoms with Crippen LogP contribution in [0.15, 0.2) is 29.6 Å². The maximum atomic E-state index is 13.3. The van der Waals surface area contributed by atoms with E-state index in [1.54, 1.807) is 0 Å². The quantitative estimate of drug-likeness (QED) is 0.638. The van der Waals surface area contributed by atoms with Gasteiger partial charge in [-0.15, -0.1) is 11.3 Å². The lowest BCUT2D eigenvalue weighted by molar-refractivity contribution is -0.136. The van der Waals surface area contributed by atoms with Gasteiger partial charge in [-0.2, -0.15) is 13.2 Å². The second kappa shape index (κ2) is 9.46. The van der Waals surface area contributed by atoms with Crippen LogP contribution in [-0.2, 0) is 17.5 Å². The molecule has 1 N–H and O–H groups in total. The lowest BCUT2D eigenvalue weighted by atomic mass is 9.94. The minimum atomic E-state index is -4.58. The Kier molecular flexibility index (Phi) is 6.96. The third-order valence-corrected chi connectivity index (χ3v) is 5.84. The predicted molar refractivity (Wildman–Crippen MR) is 106 cm³/mol. The van der Waals surface area contributed by atoms with Crippen molar-refractivity contribution in [2.75, 3.05) is 12.4 Å². The van der Waals surface area contributed by atoms with Crippen molar-refractivity contribution in [2.24, 2.45) is 0 Å². The molecular formula is C20H22F3N3O3S. The molecule has 0 unspecified atom stereocenters. The molecule has 1 fully saturated rings. The summed E-state index contributed by atoms with van der Waals surface area (Å²) >= 11 is 1.20. The number of ether oxygens (including phenoxy) is 1. The molecule has 6 nitrogen and oxygen atoms in total. The van der Waals surface area contributed by atoms with E-state index in [4.69, 9.17) is 0 Å². The zero-order valence-corrected chi connectivity index (χ0v) is 17.2. The summed E-state index contributed by atoms with van der Waals surface area (Å²) in [6.07, 6.45) is -0.0955. The molecule has 10 heteroatoms. The first-order chi connectivity index (χ1) is 14.3. The van der Waals surface area contributed by atoms with Gasteiger partial charge in [0.25, 0.3) is 0 Å². The molecule has 0 spiro atoms. The van der Waals surface area contributed by atoms with Crippen molar-refractivity contribution in [1.29, 1.82) is 0 Å². The van der Waals surface area contributed by atoms with E-state index in [2.05, 4.69) is 15.0 Å². The van der Waals surface area contributed by atoms with Gasteiger partial charge in [0.2, 0.25) is 0 Å². The topological polar surface area (TPSA) is 71.5 Å². The second-order valence-corrected chi connectivity index (χ2v) is 7.95. The number of thiazole rings is 1. The number of alkyl halides is 3. The van der Waals surface area contributed by atoms with Gasteiger partial charge >= 0.3 is 18.2 Å². The highest BCUT2D eigenvalue weighted by Crippen LogP contribution is 2.35. The van der Waals surface area contributed by atoms with Crippen molar-refractivity contribution in [1.82, 2.24) is 9.88 Å². The molecule has 1 aliphatic rings. The Morgan fingerprint density at radius 3 is 2.60 bits per heavy atom. The number of hydrogen-bond acceptors (Lipinski definition) is 5. The normalized spacial score (nSPS) is 14.9. The summed E-state index contributed by atoms with van der Waals surface area (Å²) in [5, 5.41) is 4.48. The number of esters is 1. The number of carbonyl (C=O) groups excluding carboxylic acids is 2. The van der Waals surface area contributed by atoms with Gasteiger partial charge in [-0.25, -0.2) is 14.6 Å². The predicted octanol–water partition coefficient (Wildman–Crippen LogP) is 5.32. The van der Waals surface area contributed by atoms with E-state index < -0.39 is 23.7 Å². The number of hydrogen-bond donors (Lipinski definition) is 1. The summed E-state index contributed by atoms with van der Waals surface area (Å²) in [7, 11) is 1.25. The van der Waals surface area contributed by atoms with E-state index in [1.165, 1.54) is 46.9 Å². The Bertz CT molecular complexity index is 895. The number of benzene rings is 1. The average molecular weight is 441 g/mol. The van der Waals surface area contributed by atoms with E-state index in [9.17, 15) is 22.8 Å². The molecule has 0 saturated heterocycles. The minimum absolute atomic E-state index is 0.104. The Morgan fingerprint density at radius 1 is 1.23 bits per heavy atom. The number of nitrogens with zero attached hydrogens (tertiary/aromatic N) is 2. The summed E-state index contributed by atoms with van der Waals surface area (Å²) in [6, 6.07) is 4.17. The Balaban J connectivity index is 1.83. The summed E-state index contributed by atoms with van der Waals surface area (Å²) in [6.45, 7) is 0.104. The molecule has 0 atom stereocenters. The van der Waals surface area contributed by atoms with Crippen LogP contribution in [-0.4, -0.2) is 35.0 Å². The van der Waals surface area contributed by atoms with Gasteiger partial charge in [-0.05, 0) is 25.0 Å². The first kappa shape index (κ1) is 22.1. The molecular weight excluding hydrogens is 419 g/mol. The fraction of sp³-hybridized carbons (Fsp3) is 0.450. The van der Waals surface area contributed by atoms with Gasteiger partial charge in [-0.1, -0.05) is 31.4 Å². The standard InChI is InChI=1S/C20H22F3N3O3S/c1-29-18(27)16-12-30-17(24-16)11-26(13-7-3-2-4-8-13)19(28)25-15-10-6-5-9-14(15)20(21,22)23/h5-6,9-10,12-13H,2-4,7-8,11H2,1H3,(H,25,28). The SMILES string of the molecule is COC(=O)c1csc(CN(C(=O)Nc2ccccc2C(F)(F)F)C2CCCCC2)n1. The fourth-order valence-corrected chi connectivity index (χ4v) is 4.27. The zero-order chi connectivity index (χ0) is 21.7. The molecule has 0 bridgehead atoms. The number of anilines is 1. The van der Waals surface area contributed by atoms with Crippen LogP contribution in [0, 0.1) is 0 Å². The number of halogens is 3. The Morgan fingerprint density at radius 2 is 1.93 bits per heavy atom. The first-order valence-corrected chi connectivity index (χ1v) is 10.4. The van der Waals surface area contributed by atoms with Crippen molar-refractivity contribution in [3.8, 4) is 0 Å². The van der Waals surface area contributed by atoms with Crippen LogP contribution >= 0.6 is 11.3 Å². The lowest BCUT2D eigenvalue weighted by Crippen LogP contribution is -2.43. The number of nitrogens with one attached hydrogen (secondary N) is 1. The van der Waals surface area contributed by atoms with E-state index in [1.807, 2.05) is 0 Å². The number of amides is 2. The monoisotopic (exact) mass is 441 g/mol. The van der Waals surface area contributed by atoms with Gasteiger partial charge < -0.3 is 15.0 Å². The highest BCUT2D eigenvalue weighted by molar-refractivity contribution is 7.09. The Labute approximate surface area is 176 Å². The van der Waals surface area contributed by atoms with Crippen LogP contribution in [0.3, 0.4) is 0 Å². The lowest BCUT2D eigenvalue weighted by Gasteiger charge is -2.34. The number of carbonyl (C=O) groups is 2. The molecule has 0 aliphatic heterocycles. The van der Waals surface area contributed by atoms with Crippen LogP contribution < -0.4 is 5.32 Å². The molecule has 1 heterocycles.